The number of benzene rings is 1. The molecule has 5 nitrogen and oxygen atoms in total. The number of hydrogen-bond acceptors (Lipinski definition) is 4. The number of imide groups is 1. The molecule has 0 radical (unpaired) electrons. The van der Waals surface area contributed by atoms with Gasteiger partial charge in [0.1, 0.15) is 0 Å². The SMILES string of the molecule is CNCC(CCc1ccccc1)N(C)CC(=O)NC=O. The van der Waals surface area contributed by atoms with Crippen LogP contribution in [-0.4, -0.2) is 50.4 Å². The molecule has 1 rings (SSSR count). The van der Waals surface area contributed by atoms with Crippen molar-refractivity contribution in [3.63, 3.8) is 0 Å². The Morgan fingerprint density at radius 3 is 2.65 bits per heavy atom. The third-order valence-corrected chi connectivity index (χ3v) is 3.29. The van der Waals surface area contributed by atoms with Crippen molar-refractivity contribution < 1.29 is 9.59 Å². The van der Waals surface area contributed by atoms with Gasteiger partial charge in [0.25, 0.3) is 0 Å². The minimum atomic E-state index is -0.275. The highest BCUT2D eigenvalue weighted by atomic mass is 16.2. The fourth-order valence-electron chi connectivity index (χ4n) is 2.16. The molecule has 0 aliphatic carbocycles. The topological polar surface area (TPSA) is 61.4 Å². The Kier molecular flexibility index (Phi) is 7.54. The van der Waals surface area contributed by atoms with E-state index in [-0.39, 0.29) is 18.5 Å². The molecule has 110 valence electrons. The van der Waals surface area contributed by atoms with Crippen LogP contribution in [0.2, 0.25) is 0 Å². The summed E-state index contributed by atoms with van der Waals surface area (Å²) in [6.45, 7) is 1.03. The summed E-state index contributed by atoms with van der Waals surface area (Å²) in [4.78, 5) is 23.6. The number of likely N-dealkylation sites (N-methyl/N-ethyl adjacent to an activating group) is 2. The number of amides is 2. The van der Waals surface area contributed by atoms with E-state index in [1.54, 1.807) is 0 Å². The van der Waals surface area contributed by atoms with Gasteiger partial charge in [-0.2, -0.15) is 0 Å². The Labute approximate surface area is 120 Å². The Bertz CT molecular complexity index is 409. The number of nitrogens with one attached hydrogen (secondary N) is 2. The molecule has 0 aliphatic heterocycles. The van der Waals surface area contributed by atoms with Crippen molar-refractivity contribution in [3.8, 4) is 0 Å². The largest absolute Gasteiger partial charge is 0.318 e. The van der Waals surface area contributed by atoms with Gasteiger partial charge in [0, 0.05) is 12.6 Å². The van der Waals surface area contributed by atoms with Gasteiger partial charge < -0.3 is 5.32 Å². The van der Waals surface area contributed by atoms with E-state index in [2.05, 4.69) is 22.8 Å². The molecule has 0 aliphatic rings. The number of carbonyl (C=O) groups excluding carboxylic acids is 2. The zero-order valence-corrected chi connectivity index (χ0v) is 12.1. The van der Waals surface area contributed by atoms with E-state index >= 15 is 0 Å². The molecule has 20 heavy (non-hydrogen) atoms. The van der Waals surface area contributed by atoms with Gasteiger partial charge in [-0.05, 0) is 32.5 Å². The smallest absolute Gasteiger partial charge is 0.240 e. The van der Waals surface area contributed by atoms with Crippen molar-refractivity contribution in [3.05, 3.63) is 35.9 Å². The molecule has 0 fully saturated rings. The molecule has 0 aromatic heterocycles. The van der Waals surface area contributed by atoms with E-state index in [0.717, 1.165) is 19.4 Å². The van der Waals surface area contributed by atoms with Crippen LogP contribution in [0.15, 0.2) is 30.3 Å². The molecule has 2 N–H and O–H groups in total. The molecule has 1 aromatic carbocycles. The molecule has 2 amide bonds. The lowest BCUT2D eigenvalue weighted by Gasteiger charge is -2.27. The van der Waals surface area contributed by atoms with Crippen molar-refractivity contribution in [2.24, 2.45) is 0 Å². The van der Waals surface area contributed by atoms with E-state index in [4.69, 9.17) is 0 Å². The highest BCUT2D eigenvalue weighted by Crippen LogP contribution is 2.08. The van der Waals surface area contributed by atoms with Crippen LogP contribution in [0, 0.1) is 0 Å². The molecule has 5 heteroatoms. The van der Waals surface area contributed by atoms with E-state index in [9.17, 15) is 9.59 Å². The zero-order chi connectivity index (χ0) is 14.8. The molecule has 1 aromatic rings. The summed E-state index contributed by atoms with van der Waals surface area (Å²) in [5.74, 6) is -0.275. The molecular weight excluding hydrogens is 254 g/mol. The third-order valence-electron chi connectivity index (χ3n) is 3.29. The van der Waals surface area contributed by atoms with E-state index in [1.807, 2.05) is 37.2 Å². The number of nitrogens with zero attached hydrogens (tertiary/aromatic N) is 1. The monoisotopic (exact) mass is 277 g/mol. The lowest BCUT2D eigenvalue weighted by atomic mass is 10.0. The highest BCUT2D eigenvalue weighted by molar-refractivity contribution is 5.87. The minimum Gasteiger partial charge on any atom is -0.318 e. The second-order valence-electron chi connectivity index (χ2n) is 4.84. The van der Waals surface area contributed by atoms with Crippen molar-refractivity contribution in [2.75, 3.05) is 27.2 Å². The van der Waals surface area contributed by atoms with Crippen molar-refractivity contribution >= 4 is 12.3 Å². The molecule has 0 bridgehead atoms. The first-order chi connectivity index (χ1) is 9.67. The molecule has 0 spiro atoms. The molecule has 0 saturated carbocycles. The maximum Gasteiger partial charge on any atom is 0.240 e. The minimum absolute atomic E-state index is 0.222. The van der Waals surface area contributed by atoms with Crippen LogP contribution in [0.3, 0.4) is 0 Å². The quantitative estimate of drug-likeness (QED) is 0.642. The van der Waals surface area contributed by atoms with Gasteiger partial charge in [-0.15, -0.1) is 0 Å². The molecule has 1 atom stereocenters. The van der Waals surface area contributed by atoms with Crippen molar-refractivity contribution in [1.82, 2.24) is 15.5 Å². The first kappa shape index (κ1) is 16.3. The van der Waals surface area contributed by atoms with E-state index in [1.165, 1.54) is 5.56 Å². The van der Waals surface area contributed by atoms with Gasteiger partial charge in [0.2, 0.25) is 12.3 Å². The molecular formula is C15H23N3O2. The fraction of sp³-hybridized carbons (Fsp3) is 0.467. The van der Waals surface area contributed by atoms with Crippen LogP contribution >= 0.6 is 0 Å². The normalized spacial score (nSPS) is 12.2. The Balaban J connectivity index is 2.50. The Hall–Kier alpha value is -1.72. The summed E-state index contributed by atoms with van der Waals surface area (Å²) in [7, 11) is 3.80. The van der Waals surface area contributed by atoms with Gasteiger partial charge in [-0.3, -0.25) is 19.8 Å². The average molecular weight is 277 g/mol. The van der Waals surface area contributed by atoms with Crippen LogP contribution in [0.5, 0.6) is 0 Å². The van der Waals surface area contributed by atoms with E-state index < -0.39 is 0 Å². The number of carbonyl (C=O) groups is 2. The van der Waals surface area contributed by atoms with E-state index in [0.29, 0.717) is 6.41 Å². The van der Waals surface area contributed by atoms with Crippen molar-refractivity contribution in [1.29, 1.82) is 0 Å². The summed E-state index contributed by atoms with van der Waals surface area (Å²) < 4.78 is 0. The second kappa shape index (κ2) is 9.23. The standard InChI is InChI=1S/C15H23N3O2/c1-16-10-14(18(2)11-15(20)17-12-19)9-8-13-6-4-3-5-7-13/h3-7,12,14,16H,8-11H2,1-2H3,(H,17,19,20). The summed E-state index contributed by atoms with van der Waals surface area (Å²) in [6.07, 6.45) is 2.34. The second-order valence-corrected chi connectivity index (χ2v) is 4.84. The summed E-state index contributed by atoms with van der Waals surface area (Å²) in [5, 5.41) is 5.31. The Morgan fingerprint density at radius 2 is 2.05 bits per heavy atom. The maximum absolute atomic E-state index is 11.4. The zero-order valence-electron chi connectivity index (χ0n) is 12.1. The summed E-state index contributed by atoms with van der Waals surface area (Å²) in [5.41, 5.74) is 1.29. The number of rotatable bonds is 9. The fourth-order valence-corrected chi connectivity index (χ4v) is 2.16. The third kappa shape index (κ3) is 5.95. The average Bonchev–Trinajstić information content (AvgIpc) is 2.44. The highest BCUT2D eigenvalue weighted by Gasteiger charge is 2.16. The van der Waals surface area contributed by atoms with Crippen LogP contribution < -0.4 is 10.6 Å². The molecule has 1 unspecified atom stereocenters. The predicted octanol–water partition coefficient (Wildman–Crippen LogP) is 0.412. The van der Waals surface area contributed by atoms with Crippen LogP contribution in [0.25, 0.3) is 0 Å². The van der Waals surface area contributed by atoms with Crippen LogP contribution in [0.4, 0.5) is 0 Å². The summed E-state index contributed by atoms with van der Waals surface area (Å²) >= 11 is 0. The van der Waals surface area contributed by atoms with Gasteiger partial charge in [-0.25, -0.2) is 0 Å². The van der Waals surface area contributed by atoms with Gasteiger partial charge in [0.05, 0.1) is 6.54 Å². The first-order valence-electron chi connectivity index (χ1n) is 6.79. The first-order valence-corrected chi connectivity index (χ1v) is 6.79. The number of hydrogen-bond donors (Lipinski definition) is 2. The number of aryl methyl sites for hydroxylation is 1. The molecule has 0 heterocycles. The Morgan fingerprint density at radius 1 is 1.35 bits per heavy atom. The van der Waals surface area contributed by atoms with Gasteiger partial charge in [0.15, 0.2) is 0 Å². The van der Waals surface area contributed by atoms with Gasteiger partial charge in [-0.1, -0.05) is 30.3 Å². The lowest BCUT2D eigenvalue weighted by molar-refractivity contribution is -0.126. The van der Waals surface area contributed by atoms with Crippen molar-refractivity contribution in [2.45, 2.75) is 18.9 Å². The van der Waals surface area contributed by atoms with Crippen LogP contribution in [0.1, 0.15) is 12.0 Å². The summed E-state index contributed by atoms with van der Waals surface area (Å²) in [6, 6.07) is 10.5. The van der Waals surface area contributed by atoms with Gasteiger partial charge >= 0.3 is 0 Å². The molecule has 0 saturated heterocycles. The lowest BCUT2D eigenvalue weighted by Crippen LogP contribution is -2.44. The predicted molar refractivity (Wildman–Crippen MR) is 79.3 cm³/mol. The maximum atomic E-state index is 11.4. The van der Waals surface area contributed by atoms with Crippen LogP contribution in [-0.2, 0) is 16.0 Å².